The molecule has 3 saturated carbocycles. The van der Waals surface area contributed by atoms with Gasteiger partial charge in [-0.3, -0.25) is 4.79 Å². The van der Waals surface area contributed by atoms with Crippen LogP contribution in [0, 0.1) is 46.3 Å². The summed E-state index contributed by atoms with van der Waals surface area (Å²) in [6.07, 6.45) is 14.4. The third kappa shape index (κ3) is 6.68. The molecular formula is C38H68O4Si. The van der Waals surface area contributed by atoms with Crippen molar-refractivity contribution in [2.45, 2.75) is 156 Å². The lowest BCUT2D eigenvalue weighted by atomic mass is 9.47. The van der Waals surface area contributed by atoms with E-state index >= 15 is 0 Å². The first-order chi connectivity index (χ1) is 20.2. The molecule has 0 amide bonds. The summed E-state index contributed by atoms with van der Waals surface area (Å²) in [6, 6.07) is 0. The van der Waals surface area contributed by atoms with E-state index in [1.54, 1.807) is 12.7 Å². The van der Waals surface area contributed by atoms with E-state index < -0.39 is 8.32 Å². The fourth-order valence-electron chi connectivity index (χ4n) is 11.5. The molecule has 4 aliphatic carbocycles. The molecule has 0 aromatic carbocycles. The lowest BCUT2D eigenvalue weighted by Crippen LogP contribution is -2.52. The molecule has 43 heavy (non-hydrogen) atoms. The summed E-state index contributed by atoms with van der Waals surface area (Å²) in [6.45, 7) is 25.6. The van der Waals surface area contributed by atoms with Gasteiger partial charge in [-0.25, -0.2) is 0 Å². The highest BCUT2D eigenvalue weighted by molar-refractivity contribution is 6.77. The van der Waals surface area contributed by atoms with Crippen LogP contribution in [-0.4, -0.2) is 40.7 Å². The first-order valence-corrected chi connectivity index (χ1v) is 20.4. The van der Waals surface area contributed by atoms with Gasteiger partial charge in [0.25, 0.3) is 0 Å². The Kier molecular flexibility index (Phi) is 11.6. The van der Waals surface area contributed by atoms with Crippen molar-refractivity contribution in [2.75, 3.05) is 20.5 Å². The van der Waals surface area contributed by atoms with Gasteiger partial charge in [0.1, 0.15) is 6.79 Å². The number of rotatable bonds is 14. The average Bonchev–Trinajstić information content (AvgIpc) is 3.29. The average molecular weight is 617 g/mol. The second kappa shape index (κ2) is 14.1. The highest BCUT2D eigenvalue weighted by Gasteiger charge is 2.59. The van der Waals surface area contributed by atoms with Gasteiger partial charge in [0.05, 0.1) is 6.10 Å². The fraction of sp³-hybridized carbons (Fsp3) is 0.921. The number of carbonyl (C=O) groups is 1. The normalized spacial score (nSPS) is 36.0. The smallest absolute Gasteiger partial charge is 0.200 e. The molecule has 4 nitrogen and oxygen atoms in total. The summed E-state index contributed by atoms with van der Waals surface area (Å²) in [4.78, 5) is 13.7. The number of hydrogen-bond donors (Lipinski definition) is 0. The second-order valence-corrected chi connectivity index (χ2v) is 22.5. The van der Waals surface area contributed by atoms with Gasteiger partial charge >= 0.3 is 0 Å². The predicted octanol–water partition coefficient (Wildman–Crippen LogP) is 10.4. The molecule has 0 radical (unpaired) electrons. The molecule has 3 fully saturated rings. The lowest BCUT2D eigenvalue weighted by Gasteiger charge is -2.57. The van der Waals surface area contributed by atoms with Crippen molar-refractivity contribution in [1.82, 2.24) is 0 Å². The van der Waals surface area contributed by atoms with Gasteiger partial charge in [0.15, 0.2) is 14.1 Å². The third-order valence-electron chi connectivity index (χ3n) is 13.7. The Labute approximate surface area is 267 Å². The number of allylic oxidation sites excluding steroid dienone is 2. The van der Waals surface area contributed by atoms with E-state index in [4.69, 9.17) is 13.9 Å². The van der Waals surface area contributed by atoms with E-state index in [1.807, 2.05) is 0 Å². The van der Waals surface area contributed by atoms with Crippen molar-refractivity contribution in [2.24, 2.45) is 46.3 Å². The van der Waals surface area contributed by atoms with Crippen LogP contribution in [0.2, 0.25) is 16.6 Å². The van der Waals surface area contributed by atoms with Gasteiger partial charge in [-0.1, -0.05) is 87.7 Å². The van der Waals surface area contributed by atoms with Crippen LogP contribution < -0.4 is 0 Å². The molecule has 4 aliphatic rings. The minimum absolute atomic E-state index is 0.0957. The molecule has 4 rings (SSSR count). The van der Waals surface area contributed by atoms with Crippen molar-refractivity contribution in [3.05, 3.63) is 11.6 Å². The van der Waals surface area contributed by atoms with E-state index in [0.717, 1.165) is 37.7 Å². The maximum atomic E-state index is 13.7. The van der Waals surface area contributed by atoms with Gasteiger partial charge < -0.3 is 13.9 Å². The first kappa shape index (κ1) is 35.4. The van der Waals surface area contributed by atoms with Crippen LogP contribution in [0.1, 0.15) is 133 Å². The molecule has 3 unspecified atom stereocenters. The molecule has 248 valence electrons. The van der Waals surface area contributed by atoms with Crippen LogP contribution in [0.5, 0.6) is 0 Å². The topological polar surface area (TPSA) is 44.8 Å². The van der Waals surface area contributed by atoms with E-state index in [9.17, 15) is 4.79 Å². The number of fused-ring (bicyclic) bond motifs is 5. The molecule has 0 aliphatic heterocycles. The Hall–Kier alpha value is -0.493. The highest BCUT2D eigenvalue weighted by Crippen LogP contribution is 2.66. The van der Waals surface area contributed by atoms with Crippen LogP contribution in [0.25, 0.3) is 0 Å². The van der Waals surface area contributed by atoms with Crippen molar-refractivity contribution < 1.29 is 18.7 Å². The van der Waals surface area contributed by atoms with Gasteiger partial charge in [0.2, 0.25) is 0 Å². The zero-order chi connectivity index (χ0) is 31.7. The maximum Gasteiger partial charge on any atom is 0.200 e. The Morgan fingerprint density at radius 2 is 1.47 bits per heavy atom. The van der Waals surface area contributed by atoms with Crippen LogP contribution in [0.3, 0.4) is 0 Å². The minimum atomic E-state index is -1.79. The number of methoxy groups -OCH3 is 1. The Morgan fingerprint density at radius 3 is 2.09 bits per heavy atom. The van der Waals surface area contributed by atoms with E-state index in [2.05, 4.69) is 75.3 Å². The number of ether oxygens (including phenoxy) is 2. The van der Waals surface area contributed by atoms with E-state index in [-0.39, 0.29) is 17.4 Å². The zero-order valence-corrected chi connectivity index (χ0v) is 31.0. The van der Waals surface area contributed by atoms with E-state index in [0.29, 0.717) is 52.4 Å². The molecule has 0 saturated heterocycles. The Morgan fingerprint density at radius 1 is 0.837 bits per heavy atom. The standard InChI is InChI=1S/C38H68O4Si/c1-25(2)43(26(3)4,27(5)6)42-23-28(7)13-12-14-29(8)32-15-16-33-31-22-36(39)35-21-30(41-24-40-11)17-19-38(35,10)34(31)18-20-37(32,33)9/h22,25-30,32-35H,12-21,23-24H2,1-11H3/t28?,29-,30?,32-,33+,34+,35?,37-,38-/m1/s1. The predicted molar refractivity (Wildman–Crippen MR) is 182 cm³/mol. The Bertz CT molecular complexity index is 951. The van der Waals surface area contributed by atoms with Gasteiger partial charge in [-0.05, 0) is 114 Å². The highest BCUT2D eigenvalue weighted by atomic mass is 28.4. The zero-order valence-electron chi connectivity index (χ0n) is 30.0. The molecule has 0 bridgehead atoms. The molecule has 0 aromatic rings. The molecule has 0 aromatic heterocycles. The van der Waals surface area contributed by atoms with Crippen LogP contribution in [-0.2, 0) is 18.7 Å². The van der Waals surface area contributed by atoms with Crippen LogP contribution >= 0.6 is 0 Å². The van der Waals surface area contributed by atoms with Crippen molar-refractivity contribution in [1.29, 1.82) is 0 Å². The number of hydrogen-bond acceptors (Lipinski definition) is 4. The second-order valence-electron chi connectivity index (χ2n) is 17.1. The van der Waals surface area contributed by atoms with Crippen molar-refractivity contribution in [3.63, 3.8) is 0 Å². The fourth-order valence-corrected chi connectivity index (χ4v) is 17.0. The SMILES string of the molecule is COCOC1CC[C@@]2(C)C(C1)C(=O)C=C1[C@@H]3CC[C@H]([C@H](C)CCCC(C)CO[Si](C(C)C)(C(C)C)C(C)C)[C@@]3(C)CC[C@@H]12. The van der Waals surface area contributed by atoms with Gasteiger partial charge in [0, 0.05) is 19.6 Å². The van der Waals surface area contributed by atoms with Gasteiger partial charge in [-0.15, -0.1) is 0 Å². The molecule has 0 spiro atoms. The summed E-state index contributed by atoms with van der Waals surface area (Å²) >= 11 is 0. The van der Waals surface area contributed by atoms with Crippen LogP contribution in [0.4, 0.5) is 0 Å². The molecule has 0 N–H and O–H groups in total. The van der Waals surface area contributed by atoms with Gasteiger partial charge in [-0.2, -0.15) is 0 Å². The molecule has 0 heterocycles. The Balaban J connectivity index is 1.35. The minimum Gasteiger partial charge on any atom is -0.416 e. The summed E-state index contributed by atoms with van der Waals surface area (Å²) in [5.74, 6) is 3.80. The van der Waals surface area contributed by atoms with E-state index in [1.165, 1.54) is 44.9 Å². The first-order valence-electron chi connectivity index (χ1n) is 18.2. The van der Waals surface area contributed by atoms with Crippen LogP contribution in [0.15, 0.2) is 11.6 Å². The summed E-state index contributed by atoms with van der Waals surface area (Å²) in [7, 11) is -0.109. The monoisotopic (exact) mass is 616 g/mol. The quantitative estimate of drug-likeness (QED) is 0.144. The number of ketones is 1. The lowest BCUT2D eigenvalue weighted by molar-refractivity contribution is -0.142. The molecule has 9 atom stereocenters. The molecular weight excluding hydrogens is 549 g/mol. The summed E-state index contributed by atoms with van der Waals surface area (Å²) in [5, 5.41) is 0. The molecule has 5 heteroatoms. The largest absolute Gasteiger partial charge is 0.416 e. The van der Waals surface area contributed by atoms with Crippen molar-refractivity contribution >= 4 is 14.1 Å². The third-order valence-corrected chi connectivity index (χ3v) is 19.8. The summed E-state index contributed by atoms with van der Waals surface area (Å²) in [5.41, 5.74) is 3.94. The number of carbonyl (C=O) groups excluding carboxylic acids is 1. The van der Waals surface area contributed by atoms with Crippen molar-refractivity contribution in [3.8, 4) is 0 Å². The maximum absolute atomic E-state index is 13.7. The summed E-state index contributed by atoms with van der Waals surface area (Å²) < 4.78 is 18.0.